The van der Waals surface area contributed by atoms with E-state index in [2.05, 4.69) is 11.1 Å². The number of pyridine rings is 1. The predicted molar refractivity (Wildman–Crippen MR) is 79.1 cm³/mol. The Balaban J connectivity index is 2.17. The Bertz CT molecular complexity index is 766. The fourth-order valence-corrected chi connectivity index (χ4v) is 2.95. The summed E-state index contributed by atoms with van der Waals surface area (Å²) < 4.78 is 0. The minimum atomic E-state index is -0.956. The lowest BCUT2D eigenvalue weighted by Gasteiger charge is -2.32. The highest BCUT2D eigenvalue weighted by Gasteiger charge is 2.44. The molecule has 1 aromatic heterocycles. The molecule has 3 rings (SSSR count). The lowest BCUT2D eigenvalue weighted by Crippen LogP contribution is -2.48. The summed E-state index contributed by atoms with van der Waals surface area (Å²) in [5.41, 5.74) is 0.281. The number of fused-ring (bicyclic) bond motifs is 1. The standard InChI is InChI=1S/C16H15N3O2/c1-16(15(20)21)7-4-8-19(16)14-9-11(10-17)12-5-2-3-6-13(12)18-14/h2-3,5-6,9H,4,7-8H2,1H3,(H,20,21). The number of carbonyl (C=O) groups is 1. The van der Waals surface area contributed by atoms with E-state index in [1.807, 2.05) is 24.3 Å². The Morgan fingerprint density at radius 1 is 1.48 bits per heavy atom. The number of nitriles is 1. The summed E-state index contributed by atoms with van der Waals surface area (Å²) in [6.07, 6.45) is 1.39. The molecule has 5 heteroatoms. The van der Waals surface area contributed by atoms with Gasteiger partial charge in [0.05, 0.1) is 17.1 Å². The van der Waals surface area contributed by atoms with Gasteiger partial charge in [-0.05, 0) is 31.9 Å². The average Bonchev–Trinajstić information content (AvgIpc) is 2.89. The molecule has 21 heavy (non-hydrogen) atoms. The first kappa shape index (κ1) is 13.4. The number of nitrogens with zero attached hydrogens (tertiary/aromatic N) is 3. The van der Waals surface area contributed by atoms with E-state index in [-0.39, 0.29) is 0 Å². The molecule has 0 radical (unpaired) electrons. The number of benzene rings is 1. The SMILES string of the molecule is CC1(C(=O)O)CCCN1c1cc(C#N)c2ccccc2n1. The van der Waals surface area contributed by atoms with E-state index in [4.69, 9.17) is 0 Å². The van der Waals surface area contributed by atoms with Crippen molar-refractivity contribution in [1.29, 1.82) is 5.26 Å². The zero-order chi connectivity index (χ0) is 15.0. The number of rotatable bonds is 2. The number of hydrogen-bond acceptors (Lipinski definition) is 4. The van der Waals surface area contributed by atoms with Crippen LogP contribution in [-0.4, -0.2) is 28.1 Å². The van der Waals surface area contributed by atoms with Crippen LogP contribution in [0.2, 0.25) is 0 Å². The van der Waals surface area contributed by atoms with Crippen molar-refractivity contribution in [2.45, 2.75) is 25.3 Å². The number of carboxylic acid groups (broad SMARTS) is 1. The van der Waals surface area contributed by atoms with Crippen molar-refractivity contribution < 1.29 is 9.90 Å². The topological polar surface area (TPSA) is 77.2 Å². The van der Waals surface area contributed by atoms with Gasteiger partial charge in [-0.2, -0.15) is 5.26 Å². The first-order valence-electron chi connectivity index (χ1n) is 6.87. The van der Waals surface area contributed by atoms with E-state index >= 15 is 0 Å². The molecule has 1 N–H and O–H groups in total. The van der Waals surface area contributed by atoms with E-state index < -0.39 is 11.5 Å². The van der Waals surface area contributed by atoms with Crippen LogP contribution >= 0.6 is 0 Å². The van der Waals surface area contributed by atoms with Gasteiger partial charge in [0.25, 0.3) is 0 Å². The summed E-state index contributed by atoms with van der Waals surface area (Å²) >= 11 is 0. The molecular weight excluding hydrogens is 266 g/mol. The van der Waals surface area contributed by atoms with Crippen molar-refractivity contribution >= 4 is 22.7 Å². The third-order valence-corrected chi connectivity index (χ3v) is 4.20. The molecule has 1 aliphatic heterocycles. The third-order valence-electron chi connectivity index (χ3n) is 4.20. The molecule has 2 aromatic rings. The van der Waals surface area contributed by atoms with Gasteiger partial charge in [-0.15, -0.1) is 0 Å². The molecule has 1 aliphatic rings. The molecule has 1 saturated heterocycles. The first-order valence-corrected chi connectivity index (χ1v) is 6.87. The number of carboxylic acids is 1. The second-order valence-corrected chi connectivity index (χ2v) is 5.49. The van der Waals surface area contributed by atoms with Gasteiger partial charge in [0.15, 0.2) is 0 Å². The van der Waals surface area contributed by atoms with Crippen molar-refractivity contribution in [2.75, 3.05) is 11.4 Å². The van der Waals surface area contributed by atoms with Gasteiger partial charge >= 0.3 is 5.97 Å². The van der Waals surface area contributed by atoms with E-state index in [1.165, 1.54) is 0 Å². The highest BCUT2D eigenvalue weighted by atomic mass is 16.4. The second-order valence-electron chi connectivity index (χ2n) is 5.49. The van der Waals surface area contributed by atoms with Gasteiger partial charge < -0.3 is 10.0 Å². The Kier molecular flexibility index (Phi) is 3.02. The van der Waals surface area contributed by atoms with Crippen molar-refractivity contribution in [3.05, 3.63) is 35.9 Å². The maximum absolute atomic E-state index is 11.6. The lowest BCUT2D eigenvalue weighted by atomic mass is 9.99. The van der Waals surface area contributed by atoms with Crippen LogP contribution in [0.15, 0.2) is 30.3 Å². The molecular formula is C16H15N3O2. The smallest absolute Gasteiger partial charge is 0.329 e. The summed E-state index contributed by atoms with van der Waals surface area (Å²) in [7, 11) is 0. The predicted octanol–water partition coefficient (Wildman–Crippen LogP) is 2.55. The minimum Gasteiger partial charge on any atom is -0.480 e. The fourth-order valence-electron chi connectivity index (χ4n) is 2.95. The van der Waals surface area contributed by atoms with Crippen molar-refractivity contribution in [3.8, 4) is 6.07 Å². The Hall–Kier alpha value is -2.61. The molecule has 0 aliphatic carbocycles. The summed E-state index contributed by atoms with van der Waals surface area (Å²) in [4.78, 5) is 17.9. The highest BCUT2D eigenvalue weighted by molar-refractivity contribution is 5.88. The number of aliphatic carboxylic acids is 1. The third kappa shape index (κ3) is 2.00. The number of hydrogen-bond donors (Lipinski definition) is 1. The average molecular weight is 281 g/mol. The number of para-hydroxylation sites is 1. The van der Waals surface area contributed by atoms with Crippen LogP contribution in [-0.2, 0) is 4.79 Å². The highest BCUT2D eigenvalue weighted by Crippen LogP contribution is 2.34. The van der Waals surface area contributed by atoms with Gasteiger partial charge in [-0.1, -0.05) is 18.2 Å². The Morgan fingerprint density at radius 3 is 2.95 bits per heavy atom. The zero-order valence-electron chi connectivity index (χ0n) is 11.7. The lowest BCUT2D eigenvalue weighted by molar-refractivity contribution is -0.142. The molecule has 1 atom stereocenters. The molecule has 106 valence electrons. The molecule has 1 aromatic carbocycles. The molecule has 0 bridgehead atoms. The van der Waals surface area contributed by atoms with E-state index in [9.17, 15) is 15.2 Å². The maximum Gasteiger partial charge on any atom is 0.329 e. The Morgan fingerprint density at radius 2 is 2.24 bits per heavy atom. The summed E-state index contributed by atoms with van der Waals surface area (Å²) in [5.74, 6) is -0.291. The largest absolute Gasteiger partial charge is 0.480 e. The van der Waals surface area contributed by atoms with Crippen LogP contribution in [0.5, 0.6) is 0 Å². The summed E-state index contributed by atoms with van der Waals surface area (Å²) in [6.45, 7) is 2.35. The quantitative estimate of drug-likeness (QED) is 0.915. The molecule has 0 amide bonds. The zero-order valence-corrected chi connectivity index (χ0v) is 11.7. The molecule has 1 unspecified atom stereocenters. The minimum absolute atomic E-state index is 0.523. The molecule has 1 fully saturated rings. The monoisotopic (exact) mass is 281 g/mol. The van der Waals surface area contributed by atoms with Crippen molar-refractivity contribution in [1.82, 2.24) is 4.98 Å². The molecule has 0 spiro atoms. The van der Waals surface area contributed by atoms with Crippen LogP contribution in [0.1, 0.15) is 25.3 Å². The molecule has 5 nitrogen and oxygen atoms in total. The van der Waals surface area contributed by atoms with Crippen LogP contribution in [0.3, 0.4) is 0 Å². The normalized spacial score (nSPS) is 21.4. The van der Waals surface area contributed by atoms with Gasteiger partial charge in [0.1, 0.15) is 11.4 Å². The van der Waals surface area contributed by atoms with Gasteiger partial charge in [0.2, 0.25) is 0 Å². The molecule has 2 heterocycles. The van der Waals surface area contributed by atoms with E-state index in [0.717, 1.165) is 11.8 Å². The number of aromatic nitrogens is 1. The van der Waals surface area contributed by atoms with Gasteiger partial charge in [0, 0.05) is 11.9 Å². The first-order chi connectivity index (χ1) is 10.1. The fraction of sp³-hybridized carbons (Fsp3) is 0.312. The van der Waals surface area contributed by atoms with Gasteiger partial charge in [-0.25, -0.2) is 9.78 Å². The summed E-state index contributed by atoms with van der Waals surface area (Å²) in [6, 6.07) is 11.3. The van der Waals surface area contributed by atoms with Crippen LogP contribution < -0.4 is 4.90 Å². The maximum atomic E-state index is 11.6. The Labute approximate surface area is 122 Å². The van der Waals surface area contributed by atoms with Crippen LogP contribution in [0.25, 0.3) is 10.9 Å². The van der Waals surface area contributed by atoms with Gasteiger partial charge in [-0.3, -0.25) is 0 Å². The second kappa shape index (κ2) is 4.74. The van der Waals surface area contributed by atoms with Crippen molar-refractivity contribution in [3.63, 3.8) is 0 Å². The number of anilines is 1. The van der Waals surface area contributed by atoms with Crippen molar-refractivity contribution in [2.24, 2.45) is 0 Å². The van der Waals surface area contributed by atoms with Crippen LogP contribution in [0.4, 0.5) is 5.82 Å². The van der Waals surface area contributed by atoms with E-state index in [0.29, 0.717) is 29.9 Å². The van der Waals surface area contributed by atoms with Crippen LogP contribution in [0, 0.1) is 11.3 Å². The summed E-state index contributed by atoms with van der Waals surface area (Å²) in [5, 5.41) is 19.6. The van der Waals surface area contributed by atoms with E-state index in [1.54, 1.807) is 17.9 Å². The molecule has 0 saturated carbocycles.